The van der Waals surface area contributed by atoms with Crippen LogP contribution in [0.5, 0.6) is 0 Å². The SMILES string of the molecule is Cn1cc(S(=O)(=O)n2cc(C=O)cc2-c2ccccc2F)cn1.O=Cc1c[nH]c(-c2ccccc2F)c1. The fraction of sp³-hybridized carbons (Fsp3) is 0.0385. The lowest BCUT2D eigenvalue weighted by Crippen LogP contribution is -2.13. The summed E-state index contributed by atoms with van der Waals surface area (Å²) >= 11 is 0. The van der Waals surface area contributed by atoms with Crippen LogP contribution >= 0.6 is 0 Å². The molecule has 0 bridgehead atoms. The largest absolute Gasteiger partial charge is 0.360 e. The Hall–Kier alpha value is -4.64. The summed E-state index contributed by atoms with van der Waals surface area (Å²) in [5.41, 5.74) is 1.91. The Balaban J connectivity index is 0.000000195. The van der Waals surface area contributed by atoms with Crippen molar-refractivity contribution in [3.05, 3.63) is 108 Å². The van der Waals surface area contributed by atoms with E-state index in [-0.39, 0.29) is 27.5 Å². The maximum atomic E-state index is 14.1. The van der Waals surface area contributed by atoms with E-state index in [1.165, 1.54) is 47.4 Å². The Kier molecular flexibility index (Phi) is 7.25. The number of hydrogen-bond donors (Lipinski definition) is 1. The Morgan fingerprint density at radius 1 is 0.865 bits per heavy atom. The Labute approximate surface area is 210 Å². The van der Waals surface area contributed by atoms with Crippen LogP contribution in [0.4, 0.5) is 8.78 Å². The zero-order valence-electron chi connectivity index (χ0n) is 19.4. The lowest BCUT2D eigenvalue weighted by molar-refractivity contribution is 0.111. The molecule has 0 aliphatic rings. The number of benzene rings is 2. The van der Waals surface area contributed by atoms with Crippen LogP contribution in [0.2, 0.25) is 0 Å². The van der Waals surface area contributed by atoms with Gasteiger partial charge in [0.25, 0.3) is 10.0 Å². The predicted octanol–water partition coefficient (Wildman–Crippen LogP) is 4.71. The molecular weight excluding hydrogens is 502 g/mol. The molecule has 8 nitrogen and oxygen atoms in total. The smallest absolute Gasteiger partial charge is 0.271 e. The predicted molar refractivity (Wildman–Crippen MR) is 133 cm³/mol. The fourth-order valence-corrected chi connectivity index (χ4v) is 4.92. The zero-order valence-corrected chi connectivity index (χ0v) is 20.2. The van der Waals surface area contributed by atoms with Crippen LogP contribution in [-0.2, 0) is 17.1 Å². The molecule has 5 rings (SSSR count). The number of H-pyrrole nitrogens is 1. The molecule has 0 aliphatic heterocycles. The van der Waals surface area contributed by atoms with E-state index in [0.29, 0.717) is 23.1 Å². The first kappa shape index (κ1) is 25.5. The molecule has 1 N–H and O–H groups in total. The van der Waals surface area contributed by atoms with Crippen molar-refractivity contribution in [2.24, 2.45) is 7.05 Å². The Morgan fingerprint density at radius 3 is 2.03 bits per heavy atom. The number of nitrogens with one attached hydrogen (secondary N) is 1. The van der Waals surface area contributed by atoms with Crippen LogP contribution in [0.25, 0.3) is 22.5 Å². The lowest BCUT2D eigenvalue weighted by Gasteiger charge is -2.09. The third kappa shape index (κ3) is 5.31. The minimum absolute atomic E-state index is 0.0503. The van der Waals surface area contributed by atoms with Crippen molar-refractivity contribution in [3.63, 3.8) is 0 Å². The molecular formula is C26H20F2N4O4S. The van der Waals surface area contributed by atoms with E-state index >= 15 is 0 Å². The molecule has 0 unspecified atom stereocenters. The quantitative estimate of drug-likeness (QED) is 0.325. The number of aromatic amines is 1. The van der Waals surface area contributed by atoms with E-state index in [1.807, 2.05) is 0 Å². The molecule has 0 aliphatic carbocycles. The lowest BCUT2D eigenvalue weighted by atomic mass is 10.1. The van der Waals surface area contributed by atoms with Crippen LogP contribution in [0.3, 0.4) is 0 Å². The van der Waals surface area contributed by atoms with Crippen molar-refractivity contribution >= 4 is 22.6 Å². The minimum atomic E-state index is -4.00. The maximum Gasteiger partial charge on any atom is 0.271 e. The first-order chi connectivity index (χ1) is 17.7. The number of aryl methyl sites for hydroxylation is 1. The monoisotopic (exact) mass is 522 g/mol. The van der Waals surface area contributed by atoms with Gasteiger partial charge in [0.1, 0.15) is 16.5 Å². The topological polar surface area (TPSA) is 107 Å². The number of nitrogens with zero attached hydrogens (tertiary/aromatic N) is 3. The van der Waals surface area contributed by atoms with Crippen molar-refractivity contribution in [2.45, 2.75) is 4.90 Å². The fourth-order valence-electron chi connectivity index (χ4n) is 3.55. The summed E-state index contributed by atoms with van der Waals surface area (Å²) in [4.78, 5) is 24.3. The van der Waals surface area contributed by atoms with Crippen LogP contribution in [0.15, 0.2) is 90.3 Å². The molecule has 3 aromatic heterocycles. The van der Waals surface area contributed by atoms with E-state index in [4.69, 9.17) is 0 Å². The van der Waals surface area contributed by atoms with Crippen LogP contribution in [0, 0.1) is 11.6 Å². The molecule has 0 saturated carbocycles. The van der Waals surface area contributed by atoms with Crippen LogP contribution < -0.4 is 0 Å². The first-order valence-corrected chi connectivity index (χ1v) is 12.2. The van der Waals surface area contributed by atoms with E-state index in [1.54, 1.807) is 43.6 Å². The van der Waals surface area contributed by atoms with Gasteiger partial charge in [0.2, 0.25) is 0 Å². The Bertz CT molecular complexity index is 1690. The van der Waals surface area contributed by atoms with Gasteiger partial charge in [-0.25, -0.2) is 21.2 Å². The molecule has 11 heteroatoms. The van der Waals surface area contributed by atoms with Gasteiger partial charge in [-0.05, 0) is 36.4 Å². The summed E-state index contributed by atoms with van der Waals surface area (Å²) in [5.74, 6) is -0.877. The second kappa shape index (κ2) is 10.5. The maximum absolute atomic E-state index is 14.1. The van der Waals surface area contributed by atoms with E-state index in [2.05, 4.69) is 10.1 Å². The van der Waals surface area contributed by atoms with Crippen LogP contribution in [-0.4, -0.2) is 39.7 Å². The molecule has 37 heavy (non-hydrogen) atoms. The van der Waals surface area contributed by atoms with Gasteiger partial charge in [0.15, 0.2) is 12.6 Å². The third-order valence-electron chi connectivity index (χ3n) is 5.34. The van der Waals surface area contributed by atoms with Crippen molar-refractivity contribution < 1.29 is 26.8 Å². The van der Waals surface area contributed by atoms with Gasteiger partial charge >= 0.3 is 0 Å². The number of aromatic nitrogens is 4. The molecule has 3 heterocycles. The summed E-state index contributed by atoms with van der Waals surface area (Å²) in [6.45, 7) is 0. The average Bonchev–Trinajstić information content (AvgIpc) is 3.65. The number of hydrogen-bond acceptors (Lipinski definition) is 5. The van der Waals surface area contributed by atoms with Crippen molar-refractivity contribution in [1.82, 2.24) is 18.7 Å². The standard InChI is InChI=1S/C15H12FN3O3S.C11H8FNO/c1-18-9-12(7-17-18)23(21,22)19-8-11(10-20)6-15(19)13-4-2-3-5-14(13)16;12-10-4-2-1-3-9(10)11-5-8(7-14)6-13-11/h2-10H,1H3;1-7,13H. The van der Waals surface area contributed by atoms with Crippen molar-refractivity contribution in [2.75, 3.05) is 0 Å². The second-order valence-corrected chi connectivity index (χ2v) is 9.67. The highest BCUT2D eigenvalue weighted by Gasteiger charge is 2.24. The van der Waals surface area contributed by atoms with Crippen LogP contribution in [0.1, 0.15) is 20.7 Å². The van der Waals surface area contributed by atoms with E-state index in [0.717, 1.165) is 16.5 Å². The Morgan fingerprint density at radius 2 is 1.49 bits per heavy atom. The number of aldehydes is 2. The minimum Gasteiger partial charge on any atom is -0.360 e. The summed E-state index contributed by atoms with van der Waals surface area (Å²) < 4.78 is 55.1. The molecule has 2 aromatic carbocycles. The van der Waals surface area contributed by atoms with Crippen molar-refractivity contribution in [1.29, 1.82) is 0 Å². The van der Waals surface area contributed by atoms with E-state index in [9.17, 15) is 26.8 Å². The molecule has 0 fully saturated rings. The van der Waals surface area contributed by atoms with Gasteiger partial charge in [-0.3, -0.25) is 14.3 Å². The molecule has 0 saturated heterocycles. The summed E-state index contributed by atoms with van der Waals surface area (Å²) in [5, 5.41) is 3.84. The summed E-state index contributed by atoms with van der Waals surface area (Å²) in [6, 6.07) is 15.1. The molecule has 188 valence electrons. The number of carbonyl (C=O) groups is 2. The van der Waals surface area contributed by atoms with Gasteiger partial charge in [0, 0.05) is 53.6 Å². The third-order valence-corrected chi connectivity index (χ3v) is 6.96. The second-order valence-electron chi connectivity index (χ2n) is 7.85. The number of rotatable bonds is 6. The summed E-state index contributed by atoms with van der Waals surface area (Å²) in [7, 11) is -2.41. The first-order valence-electron chi connectivity index (χ1n) is 10.8. The van der Waals surface area contributed by atoms with Gasteiger partial charge in [-0.15, -0.1) is 0 Å². The van der Waals surface area contributed by atoms with Crippen molar-refractivity contribution in [3.8, 4) is 22.5 Å². The normalized spacial score (nSPS) is 11.0. The van der Waals surface area contributed by atoms with E-state index < -0.39 is 15.8 Å². The van der Waals surface area contributed by atoms with Gasteiger partial charge < -0.3 is 4.98 Å². The molecule has 0 radical (unpaired) electrons. The average molecular weight is 523 g/mol. The highest BCUT2D eigenvalue weighted by atomic mass is 32.2. The summed E-state index contributed by atoms with van der Waals surface area (Å²) in [6.07, 6.45) is 6.48. The molecule has 0 spiro atoms. The number of carbonyl (C=O) groups excluding carboxylic acids is 2. The van der Waals surface area contributed by atoms with Gasteiger partial charge in [-0.2, -0.15) is 5.10 Å². The van der Waals surface area contributed by atoms with Gasteiger partial charge in [0.05, 0.1) is 11.9 Å². The molecule has 0 atom stereocenters. The highest BCUT2D eigenvalue weighted by molar-refractivity contribution is 7.90. The molecule has 0 amide bonds. The highest BCUT2D eigenvalue weighted by Crippen LogP contribution is 2.28. The van der Waals surface area contributed by atoms with Gasteiger partial charge in [-0.1, -0.05) is 24.3 Å². The molecule has 5 aromatic rings. The zero-order chi connectivity index (χ0) is 26.6. The number of halogens is 2.